The minimum absolute atomic E-state index is 0.0259. The van der Waals surface area contributed by atoms with Gasteiger partial charge in [-0.25, -0.2) is 10.9 Å². The largest absolute Gasteiger partial charge is 0.354 e. The molecule has 0 aliphatic carbocycles. The van der Waals surface area contributed by atoms with Crippen LogP contribution in [0.1, 0.15) is 23.6 Å². The molecule has 1 heterocycles. The zero-order valence-corrected chi connectivity index (χ0v) is 13.5. The molecule has 1 aliphatic rings. The maximum Gasteiger partial charge on any atom is 0.238 e. The zero-order valence-electron chi connectivity index (χ0n) is 12.8. The van der Waals surface area contributed by atoms with E-state index in [1.807, 2.05) is 42.5 Å². The Balaban J connectivity index is 1.48. The number of hydrogen-bond acceptors (Lipinski definition) is 3. The van der Waals surface area contributed by atoms with Crippen LogP contribution < -0.4 is 16.2 Å². The third kappa shape index (κ3) is 4.32. The summed E-state index contributed by atoms with van der Waals surface area (Å²) in [6.07, 6.45) is 1.54. The van der Waals surface area contributed by atoms with Crippen molar-refractivity contribution in [3.8, 4) is 0 Å². The molecule has 0 saturated carbocycles. The van der Waals surface area contributed by atoms with Crippen molar-refractivity contribution in [3.05, 3.63) is 70.7 Å². The van der Waals surface area contributed by atoms with E-state index in [-0.39, 0.29) is 18.0 Å². The Morgan fingerprint density at radius 1 is 1.13 bits per heavy atom. The highest BCUT2D eigenvalue weighted by atomic mass is 35.5. The van der Waals surface area contributed by atoms with Gasteiger partial charge in [0.25, 0.3) is 0 Å². The van der Waals surface area contributed by atoms with Gasteiger partial charge in [-0.2, -0.15) is 0 Å². The SMILES string of the molecule is O=C(NCCc1ccccc1)C1CC(c2cccc(Cl)c2)NN1. The summed E-state index contributed by atoms with van der Waals surface area (Å²) in [6, 6.07) is 17.7. The van der Waals surface area contributed by atoms with Crippen LogP contribution in [0.2, 0.25) is 5.02 Å². The lowest BCUT2D eigenvalue weighted by atomic mass is 10.0. The molecule has 1 amide bonds. The van der Waals surface area contributed by atoms with Crippen molar-refractivity contribution in [1.29, 1.82) is 0 Å². The number of hydrazine groups is 1. The number of carbonyl (C=O) groups is 1. The molecule has 0 spiro atoms. The van der Waals surface area contributed by atoms with E-state index in [1.54, 1.807) is 0 Å². The number of carbonyl (C=O) groups excluding carboxylic acids is 1. The quantitative estimate of drug-likeness (QED) is 0.790. The molecule has 3 rings (SSSR count). The Morgan fingerprint density at radius 3 is 2.74 bits per heavy atom. The fourth-order valence-electron chi connectivity index (χ4n) is 2.77. The van der Waals surface area contributed by atoms with Gasteiger partial charge in [-0.15, -0.1) is 0 Å². The molecule has 2 unspecified atom stereocenters. The summed E-state index contributed by atoms with van der Waals surface area (Å²) in [7, 11) is 0. The van der Waals surface area contributed by atoms with Crippen LogP contribution in [-0.4, -0.2) is 18.5 Å². The third-order valence-corrected chi connectivity index (χ3v) is 4.26. The molecule has 23 heavy (non-hydrogen) atoms. The van der Waals surface area contributed by atoms with Gasteiger partial charge in [-0.3, -0.25) is 4.79 Å². The molecule has 0 bridgehead atoms. The molecule has 1 saturated heterocycles. The molecule has 120 valence electrons. The van der Waals surface area contributed by atoms with Gasteiger partial charge in [0, 0.05) is 17.6 Å². The highest BCUT2D eigenvalue weighted by Gasteiger charge is 2.29. The van der Waals surface area contributed by atoms with Gasteiger partial charge in [-0.1, -0.05) is 54.1 Å². The second kappa shape index (κ2) is 7.59. The molecule has 0 radical (unpaired) electrons. The van der Waals surface area contributed by atoms with E-state index in [0.29, 0.717) is 18.0 Å². The van der Waals surface area contributed by atoms with Crippen LogP contribution >= 0.6 is 11.6 Å². The number of nitrogens with one attached hydrogen (secondary N) is 3. The van der Waals surface area contributed by atoms with E-state index in [2.05, 4.69) is 28.3 Å². The van der Waals surface area contributed by atoms with E-state index < -0.39 is 0 Å². The van der Waals surface area contributed by atoms with Crippen molar-refractivity contribution in [2.45, 2.75) is 24.9 Å². The Morgan fingerprint density at radius 2 is 1.96 bits per heavy atom. The predicted molar refractivity (Wildman–Crippen MR) is 92.0 cm³/mol. The summed E-state index contributed by atoms with van der Waals surface area (Å²) in [4.78, 5) is 12.2. The molecule has 1 fully saturated rings. The number of hydrogen-bond donors (Lipinski definition) is 3. The van der Waals surface area contributed by atoms with E-state index in [9.17, 15) is 4.79 Å². The molecule has 5 heteroatoms. The monoisotopic (exact) mass is 329 g/mol. The van der Waals surface area contributed by atoms with Crippen molar-refractivity contribution in [1.82, 2.24) is 16.2 Å². The van der Waals surface area contributed by atoms with Crippen molar-refractivity contribution in [2.75, 3.05) is 6.54 Å². The van der Waals surface area contributed by atoms with Crippen LogP contribution in [-0.2, 0) is 11.2 Å². The maximum atomic E-state index is 12.2. The molecule has 0 aromatic heterocycles. The average Bonchev–Trinajstić information content (AvgIpc) is 3.06. The molecule has 1 aliphatic heterocycles. The Labute approximate surface area is 141 Å². The summed E-state index contributed by atoms with van der Waals surface area (Å²) < 4.78 is 0. The van der Waals surface area contributed by atoms with Gasteiger partial charge in [-0.05, 0) is 36.1 Å². The molecule has 4 nitrogen and oxygen atoms in total. The van der Waals surface area contributed by atoms with Gasteiger partial charge >= 0.3 is 0 Å². The van der Waals surface area contributed by atoms with Gasteiger partial charge in [0.05, 0.1) is 0 Å². The predicted octanol–water partition coefficient (Wildman–Crippen LogP) is 2.61. The Kier molecular flexibility index (Phi) is 5.28. The van der Waals surface area contributed by atoms with Crippen LogP contribution in [0.25, 0.3) is 0 Å². The number of rotatable bonds is 5. The summed E-state index contributed by atoms with van der Waals surface area (Å²) in [6.45, 7) is 0.642. The molecule has 3 N–H and O–H groups in total. The topological polar surface area (TPSA) is 53.2 Å². The van der Waals surface area contributed by atoms with Crippen LogP contribution in [0.4, 0.5) is 0 Å². The molecule has 2 atom stereocenters. The molecular formula is C18H20ClN3O. The Bertz CT molecular complexity index is 662. The van der Waals surface area contributed by atoms with Crippen molar-refractivity contribution in [3.63, 3.8) is 0 Å². The first-order valence-corrected chi connectivity index (χ1v) is 8.18. The standard InChI is InChI=1S/C18H20ClN3O/c19-15-8-4-7-14(11-15)16-12-17(22-21-16)18(23)20-10-9-13-5-2-1-3-6-13/h1-8,11,16-17,21-22H,9-10,12H2,(H,20,23). The Hall–Kier alpha value is -1.88. The summed E-state index contributed by atoms with van der Waals surface area (Å²) in [5, 5.41) is 3.70. The van der Waals surface area contributed by atoms with E-state index in [0.717, 1.165) is 12.0 Å². The second-order valence-electron chi connectivity index (χ2n) is 5.71. The molecular weight excluding hydrogens is 310 g/mol. The normalized spacial score (nSPS) is 20.4. The fraction of sp³-hybridized carbons (Fsp3) is 0.278. The van der Waals surface area contributed by atoms with Gasteiger partial charge in [0.2, 0.25) is 5.91 Å². The van der Waals surface area contributed by atoms with Gasteiger partial charge in [0.1, 0.15) is 6.04 Å². The van der Waals surface area contributed by atoms with Crippen LogP contribution in [0.15, 0.2) is 54.6 Å². The minimum Gasteiger partial charge on any atom is -0.354 e. The van der Waals surface area contributed by atoms with Gasteiger partial charge < -0.3 is 5.32 Å². The van der Waals surface area contributed by atoms with Crippen molar-refractivity contribution < 1.29 is 4.79 Å². The van der Waals surface area contributed by atoms with Crippen LogP contribution in [0.3, 0.4) is 0 Å². The highest BCUT2D eigenvalue weighted by Crippen LogP contribution is 2.24. The van der Waals surface area contributed by atoms with Crippen LogP contribution in [0.5, 0.6) is 0 Å². The van der Waals surface area contributed by atoms with E-state index >= 15 is 0 Å². The number of amides is 1. The van der Waals surface area contributed by atoms with Gasteiger partial charge in [0.15, 0.2) is 0 Å². The minimum atomic E-state index is -0.227. The lowest BCUT2D eigenvalue weighted by molar-refractivity contribution is -0.122. The van der Waals surface area contributed by atoms with Crippen molar-refractivity contribution >= 4 is 17.5 Å². The average molecular weight is 330 g/mol. The number of halogens is 1. The first-order valence-electron chi connectivity index (χ1n) is 7.80. The van der Waals surface area contributed by atoms with E-state index in [4.69, 9.17) is 11.6 Å². The maximum absolute atomic E-state index is 12.2. The molecule has 2 aromatic carbocycles. The lowest BCUT2D eigenvalue weighted by Crippen LogP contribution is -2.43. The zero-order chi connectivity index (χ0) is 16.1. The summed E-state index contributed by atoms with van der Waals surface area (Å²) in [5.41, 5.74) is 8.55. The first-order chi connectivity index (χ1) is 11.2. The molecule has 2 aromatic rings. The van der Waals surface area contributed by atoms with Crippen molar-refractivity contribution in [2.24, 2.45) is 0 Å². The lowest BCUT2D eigenvalue weighted by Gasteiger charge is -2.11. The number of benzene rings is 2. The highest BCUT2D eigenvalue weighted by molar-refractivity contribution is 6.30. The smallest absolute Gasteiger partial charge is 0.238 e. The second-order valence-corrected chi connectivity index (χ2v) is 6.15. The first kappa shape index (κ1) is 16.0. The fourth-order valence-corrected chi connectivity index (χ4v) is 2.97. The van der Waals surface area contributed by atoms with Crippen LogP contribution in [0, 0.1) is 0 Å². The summed E-state index contributed by atoms with van der Waals surface area (Å²) >= 11 is 6.02. The third-order valence-electron chi connectivity index (χ3n) is 4.03. The van der Waals surface area contributed by atoms with E-state index in [1.165, 1.54) is 5.56 Å². The summed E-state index contributed by atoms with van der Waals surface area (Å²) in [5.74, 6) is 0.0259.